The summed E-state index contributed by atoms with van der Waals surface area (Å²) in [4.78, 5) is 21.0. The SMILES string of the molecule is CCNC(=NCCCN1C(=O)COc2ccccc21)NCCN1CCOCC1. The van der Waals surface area contributed by atoms with Crippen LogP contribution in [0.4, 0.5) is 5.69 Å². The first kappa shape index (κ1) is 20.4. The van der Waals surface area contributed by atoms with Crippen molar-refractivity contribution in [3.63, 3.8) is 0 Å². The van der Waals surface area contributed by atoms with Crippen LogP contribution in [0.5, 0.6) is 5.75 Å². The zero-order chi connectivity index (χ0) is 19.6. The Morgan fingerprint density at radius 3 is 2.82 bits per heavy atom. The lowest BCUT2D eigenvalue weighted by atomic mass is 10.2. The number of para-hydroxylation sites is 2. The summed E-state index contributed by atoms with van der Waals surface area (Å²) >= 11 is 0. The number of fused-ring (bicyclic) bond motifs is 1. The predicted molar refractivity (Wildman–Crippen MR) is 110 cm³/mol. The number of rotatable bonds is 8. The van der Waals surface area contributed by atoms with Gasteiger partial charge in [-0.25, -0.2) is 0 Å². The predicted octanol–water partition coefficient (Wildman–Crippen LogP) is 0.689. The number of carbonyl (C=O) groups is 1. The summed E-state index contributed by atoms with van der Waals surface area (Å²) in [5, 5.41) is 6.67. The summed E-state index contributed by atoms with van der Waals surface area (Å²) in [6.07, 6.45) is 0.792. The number of amides is 1. The van der Waals surface area contributed by atoms with Crippen molar-refractivity contribution in [2.45, 2.75) is 13.3 Å². The molecular formula is C20H31N5O3. The van der Waals surface area contributed by atoms with Crippen molar-refractivity contribution in [1.82, 2.24) is 15.5 Å². The molecule has 0 bridgehead atoms. The summed E-state index contributed by atoms with van der Waals surface area (Å²) in [7, 11) is 0. The highest BCUT2D eigenvalue weighted by Crippen LogP contribution is 2.31. The van der Waals surface area contributed by atoms with Gasteiger partial charge in [0.05, 0.1) is 18.9 Å². The summed E-state index contributed by atoms with van der Waals surface area (Å²) in [6, 6.07) is 7.66. The van der Waals surface area contributed by atoms with Crippen molar-refractivity contribution in [2.24, 2.45) is 4.99 Å². The Morgan fingerprint density at radius 2 is 2.00 bits per heavy atom. The third-order valence-corrected chi connectivity index (χ3v) is 4.79. The molecule has 8 heteroatoms. The fraction of sp³-hybridized carbons (Fsp3) is 0.600. The maximum Gasteiger partial charge on any atom is 0.265 e. The number of nitrogens with zero attached hydrogens (tertiary/aromatic N) is 3. The minimum absolute atomic E-state index is 0.00165. The molecule has 2 aliphatic heterocycles. The van der Waals surface area contributed by atoms with Crippen LogP contribution in [-0.4, -0.2) is 82.4 Å². The van der Waals surface area contributed by atoms with E-state index in [2.05, 4.69) is 27.4 Å². The second-order valence-electron chi connectivity index (χ2n) is 6.80. The van der Waals surface area contributed by atoms with E-state index in [0.29, 0.717) is 13.1 Å². The number of morpholine rings is 1. The zero-order valence-corrected chi connectivity index (χ0v) is 16.7. The van der Waals surface area contributed by atoms with Gasteiger partial charge in [0.25, 0.3) is 5.91 Å². The van der Waals surface area contributed by atoms with Crippen molar-refractivity contribution >= 4 is 17.6 Å². The number of nitrogens with one attached hydrogen (secondary N) is 2. The zero-order valence-electron chi connectivity index (χ0n) is 16.7. The Balaban J connectivity index is 1.44. The second kappa shape index (κ2) is 10.9. The van der Waals surface area contributed by atoms with Gasteiger partial charge < -0.3 is 25.0 Å². The Hall–Kier alpha value is -2.32. The Morgan fingerprint density at radius 1 is 1.18 bits per heavy atom. The Bertz CT molecular complexity index is 661. The van der Waals surface area contributed by atoms with Gasteiger partial charge in [-0.3, -0.25) is 14.7 Å². The first-order valence-electron chi connectivity index (χ1n) is 10.1. The molecule has 3 rings (SSSR count). The number of benzene rings is 1. The van der Waals surface area contributed by atoms with Crippen LogP contribution in [0.1, 0.15) is 13.3 Å². The molecule has 0 unspecified atom stereocenters. The second-order valence-corrected chi connectivity index (χ2v) is 6.80. The van der Waals surface area contributed by atoms with Gasteiger partial charge in [-0.2, -0.15) is 0 Å². The minimum atomic E-state index is -0.00165. The molecule has 0 aliphatic carbocycles. The Kier molecular flexibility index (Phi) is 7.93. The molecule has 0 spiro atoms. The highest BCUT2D eigenvalue weighted by atomic mass is 16.5. The topological polar surface area (TPSA) is 78.4 Å². The third kappa shape index (κ3) is 5.84. The molecule has 8 nitrogen and oxygen atoms in total. The van der Waals surface area contributed by atoms with Gasteiger partial charge >= 0.3 is 0 Å². The van der Waals surface area contributed by atoms with E-state index in [1.807, 2.05) is 24.3 Å². The molecule has 28 heavy (non-hydrogen) atoms. The smallest absolute Gasteiger partial charge is 0.265 e. The summed E-state index contributed by atoms with van der Waals surface area (Å²) < 4.78 is 10.9. The molecule has 1 aromatic rings. The Labute approximate surface area is 166 Å². The monoisotopic (exact) mass is 389 g/mol. The van der Waals surface area contributed by atoms with E-state index in [-0.39, 0.29) is 12.5 Å². The van der Waals surface area contributed by atoms with Crippen molar-refractivity contribution in [1.29, 1.82) is 0 Å². The quantitative estimate of drug-likeness (QED) is 0.387. The highest BCUT2D eigenvalue weighted by molar-refractivity contribution is 5.97. The van der Waals surface area contributed by atoms with Crippen molar-refractivity contribution < 1.29 is 14.3 Å². The summed E-state index contributed by atoms with van der Waals surface area (Å²) in [5.41, 5.74) is 0.846. The fourth-order valence-corrected chi connectivity index (χ4v) is 3.32. The van der Waals surface area contributed by atoms with Gasteiger partial charge in [-0.15, -0.1) is 0 Å². The molecule has 2 aliphatic rings. The molecule has 0 aromatic heterocycles. The first-order valence-corrected chi connectivity index (χ1v) is 10.1. The van der Waals surface area contributed by atoms with Gasteiger partial charge in [0.2, 0.25) is 0 Å². The van der Waals surface area contributed by atoms with Crippen molar-refractivity contribution in [2.75, 3.05) is 70.5 Å². The maximum atomic E-state index is 12.2. The molecule has 0 radical (unpaired) electrons. The van der Waals surface area contributed by atoms with Gasteiger partial charge in [0.1, 0.15) is 5.75 Å². The highest BCUT2D eigenvalue weighted by Gasteiger charge is 2.24. The standard InChI is InChI=1S/C20H31N5O3/c1-2-21-20(23-9-11-24-12-14-27-15-13-24)22-8-5-10-25-17-6-3-4-7-18(17)28-16-19(25)26/h3-4,6-7H,2,5,8-16H2,1H3,(H2,21,22,23). The van der Waals surface area contributed by atoms with E-state index >= 15 is 0 Å². The molecule has 2 N–H and O–H groups in total. The summed E-state index contributed by atoms with van der Waals surface area (Å²) in [6.45, 7) is 9.71. The molecule has 2 heterocycles. The number of hydrogen-bond acceptors (Lipinski definition) is 5. The molecule has 1 fully saturated rings. The van der Waals surface area contributed by atoms with E-state index in [4.69, 9.17) is 9.47 Å². The normalized spacial score (nSPS) is 17.8. The average Bonchev–Trinajstić information content (AvgIpc) is 2.73. The maximum absolute atomic E-state index is 12.2. The molecule has 0 atom stereocenters. The number of hydrogen-bond donors (Lipinski definition) is 2. The molecule has 1 aromatic carbocycles. The van der Waals surface area contributed by atoms with E-state index in [9.17, 15) is 4.79 Å². The van der Waals surface area contributed by atoms with Crippen LogP contribution >= 0.6 is 0 Å². The van der Waals surface area contributed by atoms with Crippen LogP contribution in [0.25, 0.3) is 0 Å². The molecule has 154 valence electrons. The van der Waals surface area contributed by atoms with Gasteiger partial charge in [-0.1, -0.05) is 12.1 Å². The lowest BCUT2D eigenvalue weighted by Crippen LogP contribution is -2.44. The van der Waals surface area contributed by atoms with Crippen molar-refractivity contribution in [3.05, 3.63) is 24.3 Å². The third-order valence-electron chi connectivity index (χ3n) is 4.79. The van der Waals surface area contributed by atoms with Gasteiger partial charge in [0, 0.05) is 45.8 Å². The lowest BCUT2D eigenvalue weighted by molar-refractivity contribution is -0.121. The van der Waals surface area contributed by atoms with Crippen molar-refractivity contribution in [3.8, 4) is 5.75 Å². The number of aliphatic imine (C=N–C) groups is 1. The van der Waals surface area contributed by atoms with Crippen LogP contribution in [0.2, 0.25) is 0 Å². The number of anilines is 1. The largest absolute Gasteiger partial charge is 0.482 e. The number of ether oxygens (including phenoxy) is 2. The van der Waals surface area contributed by atoms with E-state index < -0.39 is 0 Å². The van der Waals surface area contributed by atoms with Crippen LogP contribution in [0.15, 0.2) is 29.3 Å². The molecule has 1 saturated heterocycles. The average molecular weight is 390 g/mol. The molecular weight excluding hydrogens is 358 g/mol. The fourth-order valence-electron chi connectivity index (χ4n) is 3.32. The first-order chi connectivity index (χ1) is 13.8. The van der Waals surface area contributed by atoms with E-state index in [1.165, 1.54) is 0 Å². The van der Waals surface area contributed by atoms with Crippen LogP contribution in [-0.2, 0) is 9.53 Å². The molecule has 0 saturated carbocycles. The van der Waals surface area contributed by atoms with Crippen LogP contribution < -0.4 is 20.3 Å². The number of guanidine groups is 1. The summed E-state index contributed by atoms with van der Waals surface area (Å²) in [5.74, 6) is 1.59. The van der Waals surface area contributed by atoms with Crippen LogP contribution in [0.3, 0.4) is 0 Å². The molecule has 1 amide bonds. The van der Waals surface area contributed by atoms with Gasteiger partial charge in [0.15, 0.2) is 12.6 Å². The minimum Gasteiger partial charge on any atom is -0.482 e. The van der Waals surface area contributed by atoms with E-state index in [1.54, 1.807) is 4.90 Å². The van der Waals surface area contributed by atoms with E-state index in [0.717, 1.165) is 69.8 Å². The lowest BCUT2D eigenvalue weighted by Gasteiger charge is -2.29. The van der Waals surface area contributed by atoms with Crippen LogP contribution in [0, 0.1) is 0 Å². The number of carbonyl (C=O) groups excluding carboxylic acids is 1. The van der Waals surface area contributed by atoms with Gasteiger partial charge in [-0.05, 0) is 25.5 Å².